The van der Waals surface area contributed by atoms with E-state index in [2.05, 4.69) is 57.1 Å². The second kappa shape index (κ2) is 6.83. The van der Waals surface area contributed by atoms with Gasteiger partial charge in [0.05, 0.1) is 0 Å². The first-order chi connectivity index (χ1) is 9.47. The minimum atomic E-state index is -0.204. The molecule has 4 heteroatoms. The normalized spacial score (nSPS) is 14.1. The highest BCUT2D eigenvalue weighted by molar-refractivity contribution is 9.11. The van der Waals surface area contributed by atoms with Crippen LogP contribution in [0.2, 0.25) is 0 Å². The zero-order chi connectivity index (χ0) is 14.7. The molecule has 0 radical (unpaired) electrons. The Morgan fingerprint density at radius 1 is 0.950 bits per heavy atom. The Hall–Kier alpha value is -0.710. The van der Waals surface area contributed by atoms with Crippen LogP contribution in [0.4, 0.5) is 4.39 Å². The largest absolute Gasteiger partial charge is 0.304 e. The lowest BCUT2D eigenvalue weighted by Gasteiger charge is -2.22. The van der Waals surface area contributed by atoms with Crippen molar-refractivity contribution in [1.29, 1.82) is 0 Å². The van der Waals surface area contributed by atoms with Gasteiger partial charge < -0.3 is 5.32 Å². The fraction of sp³-hybridized carbons (Fsp3) is 0.250. The zero-order valence-electron chi connectivity index (χ0n) is 11.3. The highest BCUT2D eigenvalue weighted by Gasteiger charge is 2.13. The highest BCUT2D eigenvalue weighted by atomic mass is 79.9. The van der Waals surface area contributed by atoms with E-state index >= 15 is 0 Å². The number of benzene rings is 2. The number of nitrogens with one attached hydrogen (secondary N) is 1. The van der Waals surface area contributed by atoms with Gasteiger partial charge >= 0.3 is 0 Å². The fourth-order valence-corrected chi connectivity index (χ4v) is 3.56. The van der Waals surface area contributed by atoms with Crippen molar-refractivity contribution in [3.63, 3.8) is 0 Å². The van der Waals surface area contributed by atoms with Crippen molar-refractivity contribution in [3.8, 4) is 0 Å². The Morgan fingerprint density at radius 2 is 1.60 bits per heavy atom. The summed E-state index contributed by atoms with van der Waals surface area (Å²) in [7, 11) is 0. The lowest BCUT2D eigenvalue weighted by molar-refractivity contribution is 0.492. The molecule has 0 aromatic heterocycles. The molecule has 0 heterocycles. The van der Waals surface area contributed by atoms with Gasteiger partial charge in [0.15, 0.2) is 0 Å². The molecule has 0 aliphatic heterocycles. The molecule has 2 unspecified atom stereocenters. The van der Waals surface area contributed by atoms with Crippen LogP contribution in [0.25, 0.3) is 0 Å². The van der Waals surface area contributed by atoms with Gasteiger partial charge in [0.25, 0.3) is 0 Å². The van der Waals surface area contributed by atoms with E-state index in [1.165, 1.54) is 17.7 Å². The maximum atomic E-state index is 12.9. The lowest BCUT2D eigenvalue weighted by Crippen LogP contribution is -2.22. The number of halogens is 3. The van der Waals surface area contributed by atoms with Gasteiger partial charge in [0, 0.05) is 21.0 Å². The van der Waals surface area contributed by atoms with E-state index in [1.807, 2.05) is 24.3 Å². The summed E-state index contributed by atoms with van der Waals surface area (Å²) in [5, 5.41) is 3.52. The monoisotopic (exact) mass is 399 g/mol. The standard InChI is InChI=1S/C16H16Br2FN/c1-10(12-3-6-14(19)7-4-12)20-11(2)15-8-5-13(17)9-16(15)18/h3-11,20H,1-2H3. The van der Waals surface area contributed by atoms with Crippen LogP contribution in [0.5, 0.6) is 0 Å². The predicted octanol–water partition coefficient (Wildman–Crippen LogP) is 5.76. The highest BCUT2D eigenvalue weighted by Crippen LogP contribution is 2.28. The summed E-state index contributed by atoms with van der Waals surface area (Å²) in [5.74, 6) is -0.204. The van der Waals surface area contributed by atoms with E-state index in [0.29, 0.717) is 0 Å². The molecular weight excluding hydrogens is 385 g/mol. The summed E-state index contributed by atoms with van der Waals surface area (Å²) >= 11 is 7.04. The predicted molar refractivity (Wildman–Crippen MR) is 88.2 cm³/mol. The summed E-state index contributed by atoms with van der Waals surface area (Å²) in [4.78, 5) is 0. The van der Waals surface area contributed by atoms with Gasteiger partial charge in [-0.25, -0.2) is 4.39 Å². The Kier molecular flexibility index (Phi) is 5.35. The fourth-order valence-electron chi connectivity index (χ4n) is 2.17. The molecule has 2 atom stereocenters. The molecule has 20 heavy (non-hydrogen) atoms. The van der Waals surface area contributed by atoms with Crippen LogP contribution in [0.3, 0.4) is 0 Å². The molecule has 0 bridgehead atoms. The van der Waals surface area contributed by atoms with Crippen molar-refractivity contribution in [2.24, 2.45) is 0 Å². The van der Waals surface area contributed by atoms with Gasteiger partial charge in [-0.1, -0.05) is 50.1 Å². The third kappa shape index (κ3) is 3.90. The van der Waals surface area contributed by atoms with Crippen LogP contribution in [0.15, 0.2) is 51.4 Å². The van der Waals surface area contributed by atoms with E-state index in [0.717, 1.165) is 14.5 Å². The average Bonchev–Trinajstić information content (AvgIpc) is 2.39. The minimum Gasteiger partial charge on any atom is -0.304 e. The number of hydrogen-bond donors (Lipinski definition) is 1. The third-order valence-corrected chi connectivity index (χ3v) is 4.48. The first-order valence-electron chi connectivity index (χ1n) is 6.44. The second-order valence-corrected chi connectivity index (χ2v) is 6.60. The SMILES string of the molecule is CC(NC(C)c1ccc(Br)cc1Br)c1ccc(F)cc1. The van der Waals surface area contributed by atoms with E-state index in [1.54, 1.807) is 0 Å². The van der Waals surface area contributed by atoms with Crippen LogP contribution in [-0.2, 0) is 0 Å². The molecule has 1 N–H and O–H groups in total. The molecule has 0 aliphatic rings. The second-order valence-electron chi connectivity index (χ2n) is 4.83. The van der Waals surface area contributed by atoms with E-state index in [9.17, 15) is 4.39 Å². The topological polar surface area (TPSA) is 12.0 Å². The smallest absolute Gasteiger partial charge is 0.123 e. The van der Waals surface area contributed by atoms with Crippen LogP contribution in [0, 0.1) is 5.82 Å². The van der Waals surface area contributed by atoms with Gasteiger partial charge in [-0.15, -0.1) is 0 Å². The van der Waals surface area contributed by atoms with Gasteiger partial charge in [-0.3, -0.25) is 0 Å². The Labute approximate surface area is 135 Å². The molecule has 0 aliphatic carbocycles. The molecule has 0 spiro atoms. The summed E-state index contributed by atoms with van der Waals surface area (Å²) in [6, 6.07) is 13.1. The van der Waals surface area contributed by atoms with Crippen molar-refractivity contribution in [1.82, 2.24) is 5.32 Å². The third-order valence-electron chi connectivity index (χ3n) is 3.30. The molecule has 2 aromatic rings. The summed E-state index contributed by atoms with van der Waals surface area (Å²) in [6.45, 7) is 4.20. The van der Waals surface area contributed by atoms with Gasteiger partial charge in [-0.05, 0) is 49.2 Å². The van der Waals surface area contributed by atoms with Crippen LogP contribution < -0.4 is 5.32 Å². The van der Waals surface area contributed by atoms with E-state index in [-0.39, 0.29) is 17.9 Å². The zero-order valence-corrected chi connectivity index (χ0v) is 14.5. The number of hydrogen-bond acceptors (Lipinski definition) is 1. The minimum absolute atomic E-state index is 0.154. The molecule has 0 fully saturated rings. The molecule has 0 amide bonds. The lowest BCUT2D eigenvalue weighted by atomic mass is 10.0. The summed E-state index contributed by atoms with van der Waals surface area (Å²) in [6.07, 6.45) is 0. The van der Waals surface area contributed by atoms with E-state index in [4.69, 9.17) is 0 Å². The number of rotatable bonds is 4. The molecule has 106 valence electrons. The van der Waals surface area contributed by atoms with Crippen LogP contribution >= 0.6 is 31.9 Å². The van der Waals surface area contributed by atoms with E-state index < -0.39 is 0 Å². The van der Waals surface area contributed by atoms with Crippen molar-refractivity contribution in [2.75, 3.05) is 0 Å². The van der Waals surface area contributed by atoms with Crippen molar-refractivity contribution < 1.29 is 4.39 Å². The Bertz CT molecular complexity index is 584. The molecular formula is C16H16Br2FN. The maximum absolute atomic E-state index is 12.9. The first-order valence-corrected chi connectivity index (χ1v) is 8.02. The molecule has 2 aromatic carbocycles. The van der Waals surface area contributed by atoms with Gasteiger partial charge in [-0.2, -0.15) is 0 Å². The van der Waals surface area contributed by atoms with Crippen LogP contribution in [0.1, 0.15) is 37.1 Å². The maximum Gasteiger partial charge on any atom is 0.123 e. The molecule has 1 nitrogen and oxygen atoms in total. The molecule has 2 rings (SSSR count). The summed E-state index contributed by atoms with van der Waals surface area (Å²) in [5.41, 5.74) is 2.27. The van der Waals surface area contributed by atoms with Crippen LogP contribution in [-0.4, -0.2) is 0 Å². The Morgan fingerprint density at radius 3 is 2.20 bits per heavy atom. The quantitative estimate of drug-likeness (QED) is 0.687. The molecule has 0 saturated heterocycles. The van der Waals surface area contributed by atoms with Crippen molar-refractivity contribution >= 4 is 31.9 Å². The molecule has 0 saturated carbocycles. The van der Waals surface area contributed by atoms with Gasteiger partial charge in [0.1, 0.15) is 5.82 Å². The van der Waals surface area contributed by atoms with Gasteiger partial charge in [0.2, 0.25) is 0 Å². The van der Waals surface area contributed by atoms with Crippen molar-refractivity contribution in [3.05, 3.63) is 68.4 Å². The Balaban J connectivity index is 2.10. The summed E-state index contributed by atoms with van der Waals surface area (Å²) < 4.78 is 15.1. The average molecular weight is 401 g/mol. The van der Waals surface area contributed by atoms with Crippen molar-refractivity contribution in [2.45, 2.75) is 25.9 Å². The first kappa shape index (κ1) is 15.7.